The molecule has 0 bridgehead atoms. The average Bonchev–Trinajstić information content (AvgIpc) is 3.50. The molecule has 0 radical (unpaired) electrons. The molecular weight excluding hydrogens is 398 g/mol. The molecule has 1 fully saturated rings. The zero-order chi connectivity index (χ0) is 21.4. The molecule has 2 aromatic carbocycles. The van der Waals surface area contributed by atoms with Gasteiger partial charge in [-0.1, -0.05) is 23.4 Å². The molecule has 1 saturated heterocycles. The fraction of sp³-hybridized carbons (Fsp3) is 0.182. The van der Waals surface area contributed by atoms with Gasteiger partial charge in [0.05, 0.1) is 7.11 Å². The van der Waals surface area contributed by atoms with Gasteiger partial charge in [0.1, 0.15) is 18.3 Å². The predicted octanol–water partition coefficient (Wildman–Crippen LogP) is 2.89. The Balaban J connectivity index is 1.29. The third-order valence-electron chi connectivity index (χ3n) is 5.32. The standard InChI is InChI=1S/C22H19N5O4/c1-30-15-8-6-13(7-9-15)20-25-19(31-26-20)12-27-21(28)18(24-22(27)29)10-14-11-23-17-5-3-2-4-16(14)17/h2-9,11,18,23H,10,12H2,1H3,(H,24,29). The van der Waals surface area contributed by atoms with E-state index in [4.69, 9.17) is 9.26 Å². The van der Waals surface area contributed by atoms with Gasteiger partial charge in [-0.05, 0) is 35.9 Å². The van der Waals surface area contributed by atoms with Crippen LogP contribution >= 0.6 is 0 Å². The number of nitrogens with one attached hydrogen (secondary N) is 2. The van der Waals surface area contributed by atoms with Crippen molar-refractivity contribution in [1.29, 1.82) is 0 Å². The van der Waals surface area contributed by atoms with Gasteiger partial charge in [0.2, 0.25) is 11.7 Å². The van der Waals surface area contributed by atoms with Gasteiger partial charge in [0.25, 0.3) is 5.91 Å². The highest BCUT2D eigenvalue weighted by molar-refractivity contribution is 6.04. The molecule has 1 atom stereocenters. The number of imide groups is 1. The van der Waals surface area contributed by atoms with Gasteiger partial charge in [0.15, 0.2) is 0 Å². The van der Waals surface area contributed by atoms with Crippen molar-refractivity contribution in [3.8, 4) is 17.1 Å². The lowest BCUT2D eigenvalue weighted by molar-refractivity contribution is -0.128. The van der Waals surface area contributed by atoms with Crippen molar-refractivity contribution in [3.63, 3.8) is 0 Å². The highest BCUT2D eigenvalue weighted by Crippen LogP contribution is 2.23. The molecule has 9 heteroatoms. The molecule has 0 spiro atoms. The summed E-state index contributed by atoms with van der Waals surface area (Å²) in [6, 6.07) is 13.9. The lowest BCUT2D eigenvalue weighted by Gasteiger charge is -2.10. The van der Waals surface area contributed by atoms with Crippen LogP contribution in [0.4, 0.5) is 4.79 Å². The first-order valence-electron chi connectivity index (χ1n) is 9.76. The topological polar surface area (TPSA) is 113 Å². The zero-order valence-electron chi connectivity index (χ0n) is 16.7. The Bertz CT molecular complexity index is 1260. The SMILES string of the molecule is COc1ccc(-c2noc(CN3C(=O)NC(Cc4c[nH]c5ccccc45)C3=O)n2)cc1. The van der Waals surface area contributed by atoms with E-state index >= 15 is 0 Å². The number of para-hydroxylation sites is 1. The van der Waals surface area contributed by atoms with Gasteiger partial charge in [0, 0.05) is 29.1 Å². The summed E-state index contributed by atoms with van der Waals surface area (Å²) >= 11 is 0. The Kier molecular flexibility index (Phi) is 4.62. The van der Waals surface area contributed by atoms with Crippen molar-refractivity contribution >= 4 is 22.8 Å². The maximum Gasteiger partial charge on any atom is 0.325 e. The van der Waals surface area contributed by atoms with Crippen LogP contribution in [0.2, 0.25) is 0 Å². The third-order valence-corrected chi connectivity index (χ3v) is 5.32. The first-order valence-corrected chi connectivity index (χ1v) is 9.76. The third kappa shape index (κ3) is 3.50. The molecule has 1 unspecified atom stereocenters. The lowest BCUT2D eigenvalue weighted by Crippen LogP contribution is -2.32. The van der Waals surface area contributed by atoms with Crippen molar-refractivity contribution in [2.45, 2.75) is 19.0 Å². The monoisotopic (exact) mass is 417 g/mol. The number of carbonyl (C=O) groups is 2. The van der Waals surface area contributed by atoms with Gasteiger partial charge < -0.3 is 19.6 Å². The maximum atomic E-state index is 12.9. The molecule has 5 rings (SSSR count). The molecule has 156 valence electrons. The van der Waals surface area contributed by atoms with Gasteiger partial charge in [-0.15, -0.1) is 0 Å². The van der Waals surface area contributed by atoms with Crippen LogP contribution in [0.1, 0.15) is 11.5 Å². The first kappa shape index (κ1) is 18.9. The Hall–Kier alpha value is -4.14. The summed E-state index contributed by atoms with van der Waals surface area (Å²) in [6.45, 7) is -0.0851. The molecular formula is C22H19N5O4. The summed E-state index contributed by atoms with van der Waals surface area (Å²) in [5.74, 6) is 0.953. The number of amides is 3. The average molecular weight is 417 g/mol. The van der Waals surface area contributed by atoms with E-state index in [0.29, 0.717) is 18.0 Å². The molecule has 3 amide bonds. The van der Waals surface area contributed by atoms with E-state index in [9.17, 15) is 9.59 Å². The molecule has 1 aliphatic rings. The molecule has 9 nitrogen and oxygen atoms in total. The number of hydrogen-bond donors (Lipinski definition) is 2. The quantitative estimate of drug-likeness (QED) is 0.467. The van der Waals surface area contributed by atoms with Crippen LogP contribution in [0, 0.1) is 0 Å². The van der Waals surface area contributed by atoms with Crippen molar-refractivity contribution < 1.29 is 18.8 Å². The molecule has 2 N–H and O–H groups in total. The summed E-state index contributed by atoms with van der Waals surface area (Å²) < 4.78 is 10.4. The summed E-state index contributed by atoms with van der Waals surface area (Å²) in [5.41, 5.74) is 2.70. The summed E-state index contributed by atoms with van der Waals surface area (Å²) in [6.07, 6.45) is 2.26. The number of carbonyl (C=O) groups excluding carboxylic acids is 2. The second-order valence-electron chi connectivity index (χ2n) is 7.23. The number of hydrogen-bond acceptors (Lipinski definition) is 6. The highest BCUT2D eigenvalue weighted by atomic mass is 16.5. The van der Waals surface area contributed by atoms with Crippen LogP contribution in [0.15, 0.2) is 59.3 Å². The van der Waals surface area contributed by atoms with Gasteiger partial charge in [-0.25, -0.2) is 4.79 Å². The lowest BCUT2D eigenvalue weighted by atomic mass is 10.1. The number of rotatable bonds is 6. The number of urea groups is 1. The highest BCUT2D eigenvalue weighted by Gasteiger charge is 2.39. The number of H-pyrrole nitrogens is 1. The number of nitrogens with zero attached hydrogens (tertiary/aromatic N) is 3. The fourth-order valence-corrected chi connectivity index (χ4v) is 3.70. The number of benzene rings is 2. The van der Waals surface area contributed by atoms with Crippen LogP contribution in [0.5, 0.6) is 5.75 Å². The molecule has 0 saturated carbocycles. The van der Waals surface area contributed by atoms with E-state index in [-0.39, 0.29) is 18.3 Å². The van der Waals surface area contributed by atoms with Crippen LogP contribution in [0.25, 0.3) is 22.3 Å². The Morgan fingerprint density at radius 3 is 2.74 bits per heavy atom. The minimum atomic E-state index is -0.643. The number of aromatic amines is 1. The number of methoxy groups -OCH3 is 1. The van der Waals surface area contributed by atoms with Gasteiger partial charge in [-0.3, -0.25) is 9.69 Å². The summed E-state index contributed by atoms with van der Waals surface area (Å²) in [7, 11) is 1.59. The van der Waals surface area contributed by atoms with Crippen LogP contribution in [0.3, 0.4) is 0 Å². The Morgan fingerprint density at radius 1 is 1.13 bits per heavy atom. The largest absolute Gasteiger partial charge is 0.497 e. The zero-order valence-corrected chi connectivity index (χ0v) is 16.7. The summed E-state index contributed by atoms with van der Waals surface area (Å²) in [4.78, 5) is 33.9. The number of aromatic nitrogens is 3. The second kappa shape index (κ2) is 7.60. The normalized spacial score (nSPS) is 16.2. The fourth-order valence-electron chi connectivity index (χ4n) is 3.70. The molecule has 3 heterocycles. The molecule has 1 aliphatic heterocycles. The van der Waals surface area contributed by atoms with E-state index in [1.54, 1.807) is 31.4 Å². The second-order valence-corrected chi connectivity index (χ2v) is 7.23. The molecule has 4 aromatic rings. The van der Waals surface area contributed by atoms with Gasteiger partial charge >= 0.3 is 6.03 Å². The van der Waals surface area contributed by atoms with Gasteiger partial charge in [-0.2, -0.15) is 4.98 Å². The van der Waals surface area contributed by atoms with E-state index in [2.05, 4.69) is 20.4 Å². The van der Waals surface area contributed by atoms with Crippen molar-refractivity contribution in [2.24, 2.45) is 0 Å². The Labute approximate surface area is 177 Å². The van der Waals surface area contributed by atoms with E-state index < -0.39 is 12.1 Å². The van der Waals surface area contributed by atoms with Crippen molar-refractivity contribution in [3.05, 3.63) is 66.2 Å². The van der Waals surface area contributed by atoms with Crippen LogP contribution in [-0.2, 0) is 17.8 Å². The van der Waals surface area contributed by atoms with E-state index in [1.807, 2.05) is 30.5 Å². The molecule has 0 aliphatic carbocycles. The van der Waals surface area contributed by atoms with Crippen LogP contribution in [-0.4, -0.2) is 45.1 Å². The minimum Gasteiger partial charge on any atom is -0.497 e. The molecule has 2 aromatic heterocycles. The Morgan fingerprint density at radius 2 is 1.94 bits per heavy atom. The van der Waals surface area contributed by atoms with Crippen molar-refractivity contribution in [1.82, 2.24) is 25.3 Å². The number of ether oxygens (including phenoxy) is 1. The summed E-state index contributed by atoms with van der Waals surface area (Å²) in [5, 5.41) is 7.73. The van der Waals surface area contributed by atoms with E-state index in [0.717, 1.165) is 26.9 Å². The van der Waals surface area contributed by atoms with Crippen molar-refractivity contribution in [2.75, 3.05) is 7.11 Å². The predicted molar refractivity (Wildman–Crippen MR) is 111 cm³/mol. The minimum absolute atomic E-state index is 0.0851. The number of fused-ring (bicyclic) bond motifs is 1. The first-order chi connectivity index (χ1) is 15.1. The smallest absolute Gasteiger partial charge is 0.325 e. The van der Waals surface area contributed by atoms with E-state index in [1.165, 1.54) is 0 Å². The van der Waals surface area contributed by atoms with Crippen LogP contribution < -0.4 is 10.1 Å². The maximum absolute atomic E-state index is 12.9. The molecule has 31 heavy (non-hydrogen) atoms.